The minimum Gasteiger partial charge on any atom is -0.369 e. The Morgan fingerprint density at radius 1 is 1.06 bits per heavy atom. The minimum absolute atomic E-state index is 0.0288. The fourth-order valence-corrected chi connectivity index (χ4v) is 4.67. The van der Waals surface area contributed by atoms with Gasteiger partial charge >= 0.3 is 0 Å². The highest BCUT2D eigenvalue weighted by molar-refractivity contribution is 6.31. The van der Waals surface area contributed by atoms with Crippen LogP contribution in [-0.2, 0) is 9.59 Å². The SMILES string of the molecule is Cc1cccc(N2CCN(CCCNC(=O)C3CC(=O)N(c4cccc(Cl)c4)C3)CC2)c1. The van der Waals surface area contributed by atoms with Gasteiger partial charge in [0.25, 0.3) is 0 Å². The Kier molecular flexibility index (Phi) is 7.33. The molecule has 2 aromatic rings. The second kappa shape index (κ2) is 10.4. The van der Waals surface area contributed by atoms with Gasteiger partial charge in [-0.15, -0.1) is 0 Å². The molecule has 32 heavy (non-hydrogen) atoms. The predicted molar refractivity (Wildman–Crippen MR) is 129 cm³/mol. The molecule has 0 aromatic heterocycles. The van der Waals surface area contributed by atoms with Crippen molar-refractivity contribution in [3.63, 3.8) is 0 Å². The Bertz CT molecular complexity index is 958. The summed E-state index contributed by atoms with van der Waals surface area (Å²) in [6.07, 6.45) is 1.16. The topological polar surface area (TPSA) is 55.9 Å². The van der Waals surface area contributed by atoms with Crippen molar-refractivity contribution < 1.29 is 9.59 Å². The van der Waals surface area contributed by atoms with E-state index in [1.165, 1.54) is 11.3 Å². The molecule has 0 radical (unpaired) electrons. The van der Waals surface area contributed by atoms with E-state index in [4.69, 9.17) is 11.6 Å². The number of halogens is 1. The van der Waals surface area contributed by atoms with Crippen LogP contribution in [0.1, 0.15) is 18.4 Å². The first kappa shape index (κ1) is 22.6. The molecule has 1 unspecified atom stereocenters. The van der Waals surface area contributed by atoms with Crippen LogP contribution in [0.15, 0.2) is 48.5 Å². The molecule has 4 rings (SSSR count). The van der Waals surface area contributed by atoms with Crippen LogP contribution in [-0.4, -0.2) is 62.5 Å². The number of amides is 2. The lowest BCUT2D eigenvalue weighted by atomic mass is 10.1. The van der Waals surface area contributed by atoms with E-state index >= 15 is 0 Å². The molecule has 0 saturated carbocycles. The first-order chi connectivity index (χ1) is 15.5. The van der Waals surface area contributed by atoms with Crippen LogP contribution in [0.2, 0.25) is 5.02 Å². The first-order valence-corrected chi connectivity index (χ1v) is 11.7. The van der Waals surface area contributed by atoms with E-state index in [0.29, 0.717) is 18.1 Å². The Morgan fingerprint density at radius 3 is 2.56 bits per heavy atom. The number of anilines is 2. The van der Waals surface area contributed by atoms with Crippen LogP contribution < -0.4 is 15.1 Å². The van der Waals surface area contributed by atoms with Crippen LogP contribution in [0.5, 0.6) is 0 Å². The third kappa shape index (κ3) is 5.61. The summed E-state index contributed by atoms with van der Waals surface area (Å²) in [5.41, 5.74) is 3.35. The number of carbonyl (C=O) groups is 2. The third-order valence-electron chi connectivity index (χ3n) is 6.31. The van der Waals surface area contributed by atoms with Crippen LogP contribution >= 0.6 is 11.6 Å². The van der Waals surface area contributed by atoms with Crippen molar-refractivity contribution in [1.82, 2.24) is 10.2 Å². The van der Waals surface area contributed by atoms with Crippen molar-refractivity contribution in [2.45, 2.75) is 19.8 Å². The lowest BCUT2D eigenvalue weighted by molar-refractivity contribution is -0.126. The molecule has 2 amide bonds. The monoisotopic (exact) mass is 454 g/mol. The zero-order valence-electron chi connectivity index (χ0n) is 18.6. The molecule has 1 atom stereocenters. The van der Waals surface area contributed by atoms with E-state index in [9.17, 15) is 9.59 Å². The highest BCUT2D eigenvalue weighted by Gasteiger charge is 2.35. The molecule has 0 bridgehead atoms. The summed E-state index contributed by atoms with van der Waals surface area (Å²) in [6.45, 7) is 8.27. The largest absolute Gasteiger partial charge is 0.369 e. The maximum absolute atomic E-state index is 12.6. The number of carbonyl (C=O) groups excluding carboxylic acids is 2. The van der Waals surface area contributed by atoms with Gasteiger partial charge in [-0.05, 0) is 55.8 Å². The fourth-order valence-electron chi connectivity index (χ4n) is 4.49. The molecular weight excluding hydrogens is 424 g/mol. The second-order valence-corrected chi connectivity index (χ2v) is 9.13. The molecule has 2 aliphatic rings. The smallest absolute Gasteiger partial charge is 0.227 e. The maximum Gasteiger partial charge on any atom is 0.227 e. The molecular formula is C25H31ClN4O2. The number of benzene rings is 2. The molecule has 2 saturated heterocycles. The third-order valence-corrected chi connectivity index (χ3v) is 6.54. The van der Waals surface area contributed by atoms with Crippen molar-refractivity contribution in [1.29, 1.82) is 0 Å². The minimum atomic E-state index is -0.306. The predicted octanol–water partition coefficient (Wildman–Crippen LogP) is 3.33. The average molecular weight is 455 g/mol. The highest BCUT2D eigenvalue weighted by Crippen LogP contribution is 2.27. The average Bonchev–Trinajstić information content (AvgIpc) is 3.19. The lowest BCUT2D eigenvalue weighted by Gasteiger charge is -2.36. The van der Waals surface area contributed by atoms with Crippen molar-refractivity contribution in [3.8, 4) is 0 Å². The van der Waals surface area contributed by atoms with E-state index < -0.39 is 0 Å². The van der Waals surface area contributed by atoms with Crippen LogP contribution in [0.3, 0.4) is 0 Å². The Balaban J connectivity index is 1.16. The van der Waals surface area contributed by atoms with Gasteiger partial charge in [0.15, 0.2) is 0 Å². The molecule has 2 aromatic carbocycles. The van der Waals surface area contributed by atoms with Crippen LogP contribution in [0.25, 0.3) is 0 Å². The quantitative estimate of drug-likeness (QED) is 0.652. The maximum atomic E-state index is 12.6. The van der Waals surface area contributed by atoms with Crippen molar-refractivity contribution >= 4 is 34.8 Å². The van der Waals surface area contributed by atoms with Crippen LogP contribution in [0, 0.1) is 12.8 Å². The number of rotatable bonds is 7. The summed E-state index contributed by atoms with van der Waals surface area (Å²) in [5.74, 6) is -0.370. The van der Waals surface area contributed by atoms with Crippen LogP contribution in [0.4, 0.5) is 11.4 Å². The molecule has 6 nitrogen and oxygen atoms in total. The first-order valence-electron chi connectivity index (χ1n) is 11.4. The van der Waals surface area contributed by atoms with Gasteiger partial charge in [-0.2, -0.15) is 0 Å². The molecule has 2 aliphatic heterocycles. The fraction of sp³-hybridized carbons (Fsp3) is 0.440. The number of hydrogen-bond acceptors (Lipinski definition) is 4. The molecule has 2 fully saturated rings. The van der Waals surface area contributed by atoms with Gasteiger partial charge in [0, 0.05) is 62.1 Å². The number of piperazine rings is 1. The van der Waals surface area contributed by atoms with Gasteiger partial charge in [0.05, 0.1) is 5.92 Å². The van der Waals surface area contributed by atoms with E-state index in [0.717, 1.165) is 44.8 Å². The van der Waals surface area contributed by atoms with E-state index in [1.807, 2.05) is 12.1 Å². The van der Waals surface area contributed by atoms with Crippen molar-refractivity contribution in [2.24, 2.45) is 5.92 Å². The standard InChI is InChI=1S/C25H31ClN4O2/c1-19-5-2-7-22(15-19)29-13-11-28(12-14-29)10-4-9-27-25(32)20-16-24(31)30(18-20)23-8-3-6-21(26)17-23/h2-3,5-8,15,17,20H,4,9-14,16,18H2,1H3,(H,27,32). The summed E-state index contributed by atoms with van der Waals surface area (Å²) in [5, 5.41) is 3.61. The summed E-state index contributed by atoms with van der Waals surface area (Å²) in [6, 6.07) is 15.9. The van der Waals surface area contributed by atoms with Gasteiger partial charge in [0.1, 0.15) is 0 Å². The Hall–Kier alpha value is -2.57. The second-order valence-electron chi connectivity index (χ2n) is 8.70. The van der Waals surface area contributed by atoms with Gasteiger partial charge < -0.3 is 15.1 Å². The van der Waals surface area contributed by atoms with Gasteiger partial charge in [-0.3, -0.25) is 14.5 Å². The normalized spacial score (nSPS) is 19.4. The number of hydrogen-bond donors (Lipinski definition) is 1. The van der Waals surface area contributed by atoms with E-state index in [2.05, 4.69) is 46.3 Å². The van der Waals surface area contributed by atoms with Crippen molar-refractivity contribution in [2.75, 3.05) is 55.6 Å². The number of nitrogens with one attached hydrogen (secondary N) is 1. The summed E-state index contributed by atoms with van der Waals surface area (Å²) < 4.78 is 0. The molecule has 0 spiro atoms. The molecule has 170 valence electrons. The molecule has 7 heteroatoms. The summed E-state index contributed by atoms with van der Waals surface area (Å²) >= 11 is 6.04. The lowest BCUT2D eigenvalue weighted by Crippen LogP contribution is -2.47. The van der Waals surface area contributed by atoms with Crippen molar-refractivity contribution in [3.05, 3.63) is 59.1 Å². The highest BCUT2D eigenvalue weighted by atomic mass is 35.5. The van der Waals surface area contributed by atoms with Gasteiger partial charge in [0.2, 0.25) is 11.8 Å². The molecule has 0 aliphatic carbocycles. The van der Waals surface area contributed by atoms with Gasteiger partial charge in [-0.25, -0.2) is 0 Å². The zero-order chi connectivity index (χ0) is 22.5. The molecule has 1 N–H and O–H groups in total. The molecule has 2 heterocycles. The van der Waals surface area contributed by atoms with E-state index in [-0.39, 0.29) is 24.2 Å². The summed E-state index contributed by atoms with van der Waals surface area (Å²) in [7, 11) is 0. The Morgan fingerprint density at radius 2 is 1.81 bits per heavy atom. The van der Waals surface area contributed by atoms with Gasteiger partial charge in [-0.1, -0.05) is 29.8 Å². The zero-order valence-corrected chi connectivity index (χ0v) is 19.4. The Labute approximate surface area is 195 Å². The van der Waals surface area contributed by atoms with E-state index in [1.54, 1.807) is 17.0 Å². The summed E-state index contributed by atoms with van der Waals surface area (Å²) in [4.78, 5) is 31.5. The number of aryl methyl sites for hydroxylation is 1. The number of nitrogens with zero attached hydrogens (tertiary/aromatic N) is 3.